The average molecular weight is 423 g/mol. The molecule has 6 nitrogen and oxygen atoms in total. The molecule has 0 aliphatic carbocycles. The lowest BCUT2D eigenvalue weighted by molar-refractivity contribution is -0.132. The van der Waals surface area contributed by atoms with E-state index in [4.69, 9.17) is 0 Å². The number of likely N-dealkylation sites (tertiary alicyclic amines) is 2. The summed E-state index contributed by atoms with van der Waals surface area (Å²) in [5, 5.41) is 1.91. The number of fused-ring (bicyclic) bond motifs is 2. The molecule has 1 N–H and O–H groups in total. The number of H-pyrrole nitrogens is 1. The molecule has 30 heavy (non-hydrogen) atoms. The van der Waals surface area contributed by atoms with Gasteiger partial charge in [0.25, 0.3) is 5.56 Å². The van der Waals surface area contributed by atoms with Crippen molar-refractivity contribution in [3.63, 3.8) is 0 Å². The maximum Gasteiger partial charge on any atom is 0.268 e. The van der Waals surface area contributed by atoms with Crippen LogP contribution in [0.1, 0.15) is 37.2 Å². The molecule has 2 aliphatic heterocycles. The predicted molar refractivity (Wildman–Crippen MR) is 118 cm³/mol. The van der Waals surface area contributed by atoms with Crippen LogP contribution in [0, 0.1) is 11.8 Å². The van der Waals surface area contributed by atoms with E-state index in [9.17, 15) is 9.59 Å². The molecule has 4 heterocycles. The van der Waals surface area contributed by atoms with Gasteiger partial charge in [0.1, 0.15) is 10.5 Å². The molecule has 3 aromatic rings. The lowest BCUT2D eigenvalue weighted by Crippen LogP contribution is -2.35. The highest BCUT2D eigenvalue weighted by molar-refractivity contribution is 7.17. The molecule has 0 radical (unpaired) electrons. The van der Waals surface area contributed by atoms with Crippen LogP contribution >= 0.6 is 11.3 Å². The minimum atomic E-state index is -0.0529. The van der Waals surface area contributed by atoms with Crippen molar-refractivity contribution >= 4 is 27.5 Å². The smallest absolute Gasteiger partial charge is 0.268 e. The lowest BCUT2D eigenvalue weighted by Gasteiger charge is -2.30. The van der Waals surface area contributed by atoms with Crippen LogP contribution in [-0.2, 0) is 11.3 Å². The Hall–Kier alpha value is -2.51. The van der Waals surface area contributed by atoms with Gasteiger partial charge in [0.2, 0.25) is 5.91 Å². The van der Waals surface area contributed by atoms with Crippen LogP contribution in [0.4, 0.5) is 0 Å². The molecule has 2 aromatic heterocycles. The van der Waals surface area contributed by atoms with Gasteiger partial charge >= 0.3 is 0 Å². The molecule has 0 saturated carbocycles. The van der Waals surface area contributed by atoms with Gasteiger partial charge in [0.05, 0.1) is 18.1 Å². The molecule has 2 fully saturated rings. The van der Waals surface area contributed by atoms with Crippen LogP contribution in [0.25, 0.3) is 10.2 Å². The molecule has 5 rings (SSSR count). The summed E-state index contributed by atoms with van der Waals surface area (Å²) < 4.78 is 0.686. The Kier molecular flexibility index (Phi) is 5.16. The Morgan fingerprint density at radius 2 is 2.03 bits per heavy atom. The molecule has 0 bridgehead atoms. The largest absolute Gasteiger partial charge is 0.335 e. The van der Waals surface area contributed by atoms with Crippen LogP contribution in [0.5, 0.6) is 0 Å². The number of carbonyl (C=O) groups excluding carboxylic acids is 1. The van der Waals surface area contributed by atoms with Crippen molar-refractivity contribution in [3.8, 4) is 0 Å². The molecule has 2 aliphatic rings. The van der Waals surface area contributed by atoms with E-state index < -0.39 is 0 Å². The second kappa shape index (κ2) is 7.96. The van der Waals surface area contributed by atoms with Gasteiger partial charge in [-0.05, 0) is 29.3 Å². The van der Waals surface area contributed by atoms with Crippen molar-refractivity contribution in [1.29, 1.82) is 0 Å². The minimum absolute atomic E-state index is 0.0529. The fourth-order valence-electron chi connectivity index (χ4n) is 5.17. The number of benzene rings is 1. The maximum absolute atomic E-state index is 12.8. The second-order valence-corrected chi connectivity index (χ2v) is 9.33. The van der Waals surface area contributed by atoms with Crippen LogP contribution in [0.3, 0.4) is 0 Å². The number of hydrogen-bond donors (Lipinski definition) is 1. The van der Waals surface area contributed by atoms with Crippen LogP contribution < -0.4 is 5.56 Å². The van der Waals surface area contributed by atoms with Crippen molar-refractivity contribution in [1.82, 2.24) is 19.8 Å². The summed E-state index contributed by atoms with van der Waals surface area (Å²) in [6.07, 6.45) is 1.49. The monoisotopic (exact) mass is 422 g/mol. The molecule has 1 aromatic carbocycles. The van der Waals surface area contributed by atoms with E-state index in [1.807, 2.05) is 17.5 Å². The van der Waals surface area contributed by atoms with Gasteiger partial charge in [-0.1, -0.05) is 37.3 Å². The predicted octanol–water partition coefficient (Wildman–Crippen LogP) is 3.42. The summed E-state index contributed by atoms with van der Waals surface area (Å²) in [6.45, 7) is 5.35. The third-order valence-electron chi connectivity index (χ3n) is 6.40. The second-order valence-electron chi connectivity index (χ2n) is 8.42. The Balaban J connectivity index is 1.37. The van der Waals surface area contributed by atoms with Crippen LogP contribution in [0.2, 0.25) is 0 Å². The fraction of sp³-hybridized carbons (Fsp3) is 0.435. The van der Waals surface area contributed by atoms with Crippen molar-refractivity contribution in [3.05, 3.63) is 63.5 Å². The normalized spacial score (nSPS) is 23.9. The zero-order valence-corrected chi connectivity index (χ0v) is 17.9. The summed E-state index contributed by atoms with van der Waals surface area (Å²) in [6, 6.07) is 12.5. The highest BCUT2D eigenvalue weighted by Gasteiger charge is 2.48. The SMILES string of the molecule is CCCC(=O)N1C[C@@H]2CN(Cc3nc4ccsc4c(=O)[nH]3)C[C@@H]2[C@@H]1c1ccccc1. The van der Waals surface area contributed by atoms with Gasteiger partial charge in [0, 0.05) is 32.0 Å². The standard InChI is InChI=1S/C23H26N4O2S/c1-2-6-20(28)27-12-16-11-26(13-17(16)21(27)15-7-4-3-5-8-15)14-19-24-18-9-10-30-22(18)23(29)25-19/h3-5,7-10,16-17,21H,2,6,11-14H2,1H3,(H,24,25,29)/t16-,17-,21-/m0/s1. The first-order valence-corrected chi connectivity index (χ1v) is 11.5. The molecule has 1 amide bonds. The number of thiophene rings is 1. The Morgan fingerprint density at radius 1 is 1.20 bits per heavy atom. The Morgan fingerprint density at radius 3 is 2.83 bits per heavy atom. The average Bonchev–Trinajstić information content (AvgIpc) is 3.43. The molecule has 7 heteroatoms. The molecular weight excluding hydrogens is 396 g/mol. The van der Waals surface area contributed by atoms with Gasteiger partial charge in [-0.2, -0.15) is 0 Å². The summed E-state index contributed by atoms with van der Waals surface area (Å²) in [5.41, 5.74) is 1.95. The first kappa shape index (κ1) is 19.5. The van der Waals surface area contributed by atoms with E-state index >= 15 is 0 Å². The fourth-order valence-corrected chi connectivity index (χ4v) is 5.89. The van der Waals surface area contributed by atoms with Gasteiger partial charge < -0.3 is 9.88 Å². The van der Waals surface area contributed by atoms with E-state index in [0.717, 1.165) is 37.4 Å². The van der Waals surface area contributed by atoms with Crippen molar-refractivity contribution in [2.45, 2.75) is 32.4 Å². The summed E-state index contributed by atoms with van der Waals surface area (Å²) in [5.74, 6) is 1.85. The zero-order chi connectivity index (χ0) is 20.7. The van der Waals surface area contributed by atoms with E-state index in [-0.39, 0.29) is 17.5 Å². The number of amides is 1. The zero-order valence-electron chi connectivity index (χ0n) is 17.1. The topological polar surface area (TPSA) is 69.3 Å². The van der Waals surface area contributed by atoms with Gasteiger partial charge in [-0.15, -0.1) is 11.3 Å². The first-order valence-electron chi connectivity index (χ1n) is 10.7. The third kappa shape index (κ3) is 3.46. The maximum atomic E-state index is 12.8. The van der Waals surface area contributed by atoms with Crippen LogP contribution in [-0.4, -0.2) is 45.3 Å². The highest BCUT2D eigenvalue weighted by Crippen LogP contribution is 2.45. The molecule has 3 atom stereocenters. The number of carbonyl (C=O) groups is 1. The quantitative estimate of drug-likeness (QED) is 0.684. The number of rotatable bonds is 5. The number of aromatic amines is 1. The first-order chi connectivity index (χ1) is 14.6. The van der Waals surface area contributed by atoms with Crippen molar-refractivity contribution < 1.29 is 4.79 Å². The highest BCUT2D eigenvalue weighted by atomic mass is 32.1. The number of hydrogen-bond acceptors (Lipinski definition) is 5. The number of aromatic nitrogens is 2. The minimum Gasteiger partial charge on any atom is -0.335 e. The van der Waals surface area contributed by atoms with Crippen molar-refractivity contribution in [2.24, 2.45) is 11.8 Å². The Labute approximate surface area is 179 Å². The summed E-state index contributed by atoms with van der Waals surface area (Å²) in [7, 11) is 0. The molecule has 156 valence electrons. The summed E-state index contributed by atoms with van der Waals surface area (Å²) in [4.78, 5) is 37.2. The molecule has 0 unspecified atom stereocenters. The van der Waals surface area contributed by atoms with Crippen molar-refractivity contribution in [2.75, 3.05) is 19.6 Å². The molecule has 2 saturated heterocycles. The van der Waals surface area contributed by atoms with E-state index in [2.05, 4.69) is 51.0 Å². The van der Waals surface area contributed by atoms with E-state index in [0.29, 0.717) is 29.5 Å². The van der Waals surface area contributed by atoms with E-state index in [1.54, 1.807) is 0 Å². The third-order valence-corrected chi connectivity index (χ3v) is 7.30. The van der Waals surface area contributed by atoms with Gasteiger partial charge in [-0.3, -0.25) is 14.5 Å². The van der Waals surface area contributed by atoms with Gasteiger partial charge in [-0.25, -0.2) is 4.98 Å². The van der Waals surface area contributed by atoms with E-state index in [1.165, 1.54) is 16.9 Å². The number of nitrogens with zero attached hydrogens (tertiary/aromatic N) is 3. The number of nitrogens with one attached hydrogen (secondary N) is 1. The lowest BCUT2D eigenvalue weighted by atomic mass is 9.89. The Bertz CT molecular complexity index is 1110. The molecule has 0 spiro atoms. The summed E-state index contributed by atoms with van der Waals surface area (Å²) >= 11 is 1.43. The van der Waals surface area contributed by atoms with Gasteiger partial charge in [0.15, 0.2) is 0 Å². The molecular formula is C23H26N4O2S. The van der Waals surface area contributed by atoms with Crippen LogP contribution in [0.15, 0.2) is 46.6 Å².